The van der Waals surface area contributed by atoms with Crippen molar-refractivity contribution in [3.8, 4) is 0 Å². The number of hydrogen-bond acceptors (Lipinski definition) is 6. The summed E-state index contributed by atoms with van der Waals surface area (Å²) >= 11 is 0. The largest absolute Gasteiger partial charge is 0.453 e. The van der Waals surface area contributed by atoms with Crippen molar-refractivity contribution in [3.05, 3.63) is 35.9 Å². The number of methoxy groups -OCH3 is 1. The molecule has 0 aliphatic heterocycles. The Labute approximate surface area is 190 Å². The van der Waals surface area contributed by atoms with Gasteiger partial charge in [0.2, 0.25) is 0 Å². The first-order valence-electron chi connectivity index (χ1n) is 11.0. The van der Waals surface area contributed by atoms with E-state index in [0.717, 1.165) is 0 Å². The summed E-state index contributed by atoms with van der Waals surface area (Å²) in [5.41, 5.74) is 0.666. The molecule has 2 N–H and O–H groups in total. The summed E-state index contributed by atoms with van der Waals surface area (Å²) in [5, 5.41) is 5.23. The van der Waals surface area contributed by atoms with Gasteiger partial charge in [-0.1, -0.05) is 58.0 Å². The molecule has 8 heteroatoms. The molecule has 0 aliphatic rings. The maximum Gasteiger partial charge on any atom is 0.407 e. The van der Waals surface area contributed by atoms with Gasteiger partial charge in [-0.2, -0.15) is 0 Å². The van der Waals surface area contributed by atoms with E-state index >= 15 is 0 Å². The minimum absolute atomic E-state index is 0.0415. The molecule has 2 amide bonds. The Morgan fingerprint density at radius 3 is 2.06 bits per heavy atom. The molecule has 1 aromatic rings. The van der Waals surface area contributed by atoms with Crippen molar-refractivity contribution in [1.29, 1.82) is 0 Å². The van der Waals surface area contributed by atoms with Gasteiger partial charge >= 0.3 is 12.2 Å². The van der Waals surface area contributed by atoms with Gasteiger partial charge in [0.1, 0.15) is 12.1 Å². The molecular weight excluding hydrogens is 412 g/mol. The van der Waals surface area contributed by atoms with E-state index < -0.39 is 36.3 Å². The molecule has 0 saturated carbocycles. The Kier molecular flexibility index (Phi) is 11.4. The summed E-state index contributed by atoms with van der Waals surface area (Å²) in [7, 11) is 1.24. The van der Waals surface area contributed by atoms with Gasteiger partial charge in [-0.15, -0.1) is 0 Å². The minimum Gasteiger partial charge on any atom is -0.453 e. The molecule has 32 heavy (non-hydrogen) atoms. The summed E-state index contributed by atoms with van der Waals surface area (Å²) in [4.78, 5) is 49.0. The monoisotopic (exact) mass is 448 g/mol. The molecule has 0 bridgehead atoms. The number of hydrogen-bond donors (Lipinski definition) is 2. The van der Waals surface area contributed by atoms with E-state index in [2.05, 4.69) is 15.4 Å². The maximum absolute atomic E-state index is 13.0. The van der Waals surface area contributed by atoms with E-state index in [1.165, 1.54) is 7.11 Å². The molecule has 4 unspecified atom stereocenters. The molecule has 8 nitrogen and oxygen atoms in total. The summed E-state index contributed by atoms with van der Waals surface area (Å²) in [6.45, 7) is 8.99. The first-order valence-corrected chi connectivity index (χ1v) is 11.0. The lowest BCUT2D eigenvalue weighted by molar-refractivity contribution is -0.125. The standard InChI is InChI=1S/C24H36N2O6/c1-7-19(27)20(15(2)3)25-24(30)32-17(5)14-13-16(4)22(28)21(26-23(29)31-6)18-11-9-8-10-12-18/h8-12,15-17,20-21H,7,13-14H2,1-6H3,(H,25,30)(H,26,29). The van der Waals surface area contributed by atoms with Crippen LogP contribution in [0.15, 0.2) is 30.3 Å². The second kappa shape index (κ2) is 13.5. The highest BCUT2D eigenvalue weighted by Crippen LogP contribution is 2.22. The topological polar surface area (TPSA) is 111 Å². The fourth-order valence-corrected chi connectivity index (χ4v) is 3.29. The molecule has 0 radical (unpaired) electrons. The van der Waals surface area contributed by atoms with Crippen molar-refractivity contribution in [2.24, 2.45) is 11.8 Å². The van der Waals surface area contributed by atoms with Gasteiger partial charge < -0.3 is 20.1 Å². The van der Waals surface area contributed by atoms with E-state index in [4.69, 9.17) is 4.74 Å². The first-order chi connectivity index (χ1) is 15.1. The highest BCUT2D eigenvalue weighted by atomic mass is 16.6. The number of benzene rings is 1. The summed E-state index contributed by atoms with van der Waals surface area (Å²) < 4.78 is 10.0. The summed E-state index contributed by atoms with van der Waals surface area (Å²) in [6, 6.07) is 7.53. The van der Waals surface area contributed by atoms with Crippen molar-refractivity contribution in [1.82, 2.24) is 10.6 Å². The average Bonchev–Trinajstić information content (AvgIpc) is 2.78. The fourth-order valence-electron chi connectivity index (χ4n) is 3.29. The van der Waals surface area contributed by atoms with E-state index in [1.54, 1.807) is 45.0 Å². The number of nitrogens with one attached hydrogen (secondary N) is 2. The Balaban J connectivity index is 2.67. The third kappa shape index (κ3) is 8.69. The third-order valence-electron chi connectivity index (χ3n) is 5.30. The van der Waals surface area contributed by atoms with Crippen molar-refractivity contribution in [3.63, 3.8) is 0 Å². The van der Waals surface area contributed by atoms with E-state index in [9.17, 15) is 19.2 Å². The van der Waals surface area contributed by atoms with Crippen LogP contribution in [-0.4, -0.2) is 43.0 Å². The zero-order chi connectivity index (χ0) is 24.3. The second-order valence-corrected chi connectivity index (χ2v) is 8.26. The van der Waals surface area contributed by atoms with Crippen LogP contribution >= 0.6 is 0 Å². The normalized spacial score (nSPS) is 14.6. The molecule has 1 aromatic carbocycles. The number of ether oxygens (including phenoxy) is 2. The molecule has 0 saturated heterocycles. The first kappa shape index (κ1) is 27.1. The molecule has 0 aliphatic carbocycles. The zero-order valence-electron chi connectivity index (χ0n) is 19.8. The van der Waals surface area contributed by atoms with E-state index in [-0.39, 0.29) is 17.5 Å². The van der Waals surface area contributed by atoms with E-state index in [1.807, 2.05) is 19.9 Å². The zero-order valence-corrected chi connectivity index (χ0v) is 19.8. The van der Waals surface area contributed by atoms with Gasteiger partial charge in [0.05, 0.1) is 13.2 Å². The molecular formula is C24H36N2O6. The number of carbonyl (C=O) groups excluding carboxylic acids is 4. The minimum atomic E-state index is -0.829. The van der Waals surface area contributed by atoms with Crippen LogP contribution in [0, 0.1) is 11.8 Å². The average molecular weight is 449 g/mol. The van der Waals surface area contributed by atoms with Crippen LogP contribution in [0.25, 0.3) is 0 Å². The van der Waals surface area contributed by atoms with Crippen LogP contribution in [0.5, 0.6) is 0 Å². The summed E-state index contributed by atoms with van der Waals surface area (Å²) in [6.07, 6.45) is -0.533. The Morgan fingerprint density at radius 1 is 0.906 bits per heavy atom. The molecule has 0 heterocycles. The molecule has 1 rings (SSSR count). The number of carbonyl (C=O) groups is 4. The lowest BCUT2D eigenvalue weighted by Gasteiger charge is -2.23. The summed E-state index contributed by atoms with van der Waals surface area (Å²) in [5.74, 6) is -0.641. The van der Waals surface area contributed by atoms with Crippen molar-refractivity contribution >= 4 is 23.8 Å². The maximum atomic E-state index is 13.0. The van der Waals surface area contributed by atoms with Gasteiger partial charge in [0, 0.05) is 12.3 Å². The smallest absolute Gasteiger partial charge is 0.407 e. The predicted molar refractivity (Wildman–Crippen MR) is 121 cm³/mol. The number of amides is 2. The van der Waals surface area contributed by atoms with E-state index in [0.29, 0.717) is 24.8 Å². The van der Waals surface area contributed by atoms with Crippen LogP contribution in [0.3, 0.4) is 0 Å². The van der Waals surface area contributed by atoms with Crippen molar-refractivity contribution in [2.45, 2.75) is 72.1 Å². The Bertz CT molecular complexity index is 765. The highest BCUT2D eigenvalue weighted by Gasteiger charge is 2.28. The Morgan fingerprint density at radius 2 is 1.53 bits per heavy atom. The van der Waals surface area contributed by atoms with Crippen LogP contribution in [0.2, 0.25) is 0 Å². The van der Waals surface area contributed by atoms with Gasteiger partial charge in [0.15, 0.2) is 11.6 Å². The lowest BCUT2D eigenvalue weighted by atomic mass is 9.90. The molecule has 4 atom stereocenters. The van der Waals surface area contributed by atoms with Crippen LogP contribution in [0.1, 0.15) is 65.5 Å². The van der Waals surface area contributed by atoms with Gasteiger partial charge in [-0.25, -0.2) is 9.59 Å². The third-order valence-corrected chi connectivity index (χ3v) is 5.30. The lowest BCUT2D eigenvalue weighted by Crippen LogP contribution is -2.45. The van der Waals surface area contributed by atoms with Gasteiger partial charge in [-0.3, -0.25) is 9.59 Å². The highest BCUT2D eigenvalue weighted by molar-refractivity contribution is 5.90. The van der Waals surface area contributed by atoms with Crippen LogP contribution < -0.4 is 10.6 Å². The van der Waals surface area contributed by atoms with Gasteiger partial charge in [-0.05, 0) is 31.2 Å². The SMILES string of the molecule is CCC(=O)C(NC(=O)OC(C)CCC(C)C(=O)C(NC(=O)OC)c1ccccc1)C(C)C. The number of alkyl carbamates (subject to hydrolysis) is 2. The number of rotatable bonds is 12. The van der Waals surface area contributed by atoms with Crippen LogP contribution in [-0.2, 0) is 19.1 Å². The molecule has 0 aromatic heterocycles. The van der Waals surface area contributed by atoms with Crippen LogP contribution in [0.4, 0.5) is 9.59 Å². The predicted octanol–water partition coefficient (Wildman–Crippen LogP) is 4.19. The number of Topliss-reactive ketones (excluding diaryl/α,β-unsaturated/α-hetero) is 2. The van der Waals surface area contributed by atoms with Gasteiger partial charge in [0.25, 0.3) is 0 Å². The van der Waals surface area contributed by atoms with Crippen molar-refractivity contribution in [2.75, 3.05) is 7.11 Å². The molecule has 178 valence electrons. The Hall–Kier alpha value is -2.90. The molecule has 0 spiro atoms. The quantitative estimate of drug-likeness (QED) is 0.496. The second-order valence-electron chi connectivity index (χ2n) is 8.26. The molecule has 0 fully saturated rings. The fraction of sp³-hybridized carbons (Fsp3) is 0.583. The van der Waals surface area contributed by atoms with Crippen molar-refractivity contribution < 1.29 is 28.7 Å². The number of ketones is 2.